The molecule has 1 N–H and O–H groups in total. The van der Waals surface area contributed by atoms with Gasteiger partial charge >= 0.3 is 5.97 Å². The van der Waals surface area contributed by atoms with Crippen molar-refractivity contribution in [3.8, 4) is 0 Å². The Morgan fingerprint density at radius 3 is 2.04 bits per heavy atom. The summed E-state index contributed by atoms with van der Waals surface area (Å²) in [4.78, 5) is 24.4. The van der Waals surface area contributed by atoms with Gasteiger partial charge in [-0.25, -0.2) is 4.79 Å². The number of rotatable bonds is 3. The minimum atomic E-state index is -0.381. The number of carbonyl (C=O) groups is 2. The summed E-state index contributed by atoms with van der Waals surface area (Å²) < 4.78 is 4.71. The van der Waals surface area contributed by atoms with Crippen LogP contribution in [0.5, 0.6) is 0 Å². The van der Waals surface area contributed by atoms with Crippen LogP contribution in [0.1, 0.15) is 73.1 Å². The fourth-order valence-corrected chi connectivity index (χ4v) is 6.78. The summed E-state index contributed by atoms with van der Waals surface area (Å²) in [6, 6.07) is 6.74. The van der Waals surface area contributed by atoms with Gasteiger partial charge in [-0.3, -0.25) is 4.79 Å². The Bertz CT molecular complexity index is 705. The van der Waals surface area contributed by atoms with Crippen molar-refractivity contribution in [1.29, 1.82) is 0 Å². The molecule has 2 atom stereocenters. The minimum absolute atomic E-state index is 0.0226. The lowest BCUT2D eigenvalue weighted by atomic mass is 9.43. The van der Waals surface area contributed by atoms with E-state index in [0.717, 1.165) is 25.2 Å². The largest absolute Gasteiger partial charge is 0.465 e. The maximum Gasteiger partial charge on any atom is 0.337 e. The van der Waals surface area contributed by atoms with E-state index in [0.29, 0.717) is 22.0 Å². The van der Waals surface area contributed by atoms with E-state index in [4.69, 9.17) is 4.74 Å². The topological polar surface area (TPSA) is 55.4 Å². The van der Waals surface area contributed by atoms with Gasteiger partial charge in [-0.2, -0.15) is 0 Å². The molecule has 0 aliphatic heterocycles. The second-order valence-corrected chi connectivity index (χ2v) is 9.43. The van der Waals surface area contributed by atoms with E-state index in [-0.39, 0.29) is 17.4 Å². The fourth-order valence-electron chi connectivity index (χ4n) is 6.78. The number of benzene rings is 1. The second kappa shape index (κ2) is 5.33. The van der Waals surface area contributed by atoms with E-state index in [1.54, 1.807) is 24.3 Å². The molecule has 4 fully saturated rings. The number of amides is 1. The number of hydrogen-bond acceptors (Lipinski definition) is 3. The molecule has 4 bridgehead atoms. The van der Waals surface area contributed by atoms with Crippen molar-refractivity contribution in [2.75, 3.05) is 7.11 Å². The molecule has 4 aliphatic carbocycles. The molecule has 0 aromatic heterocycles. The van der Waals surface area contributed by atoms with E-state index in [1.165, 1.54) is 26.4 Å². The van der Waals surface area contributed by atoms with Crippen LogP contribution in [0.4, 0.5) is 0 Å². The Morgan fingerprint density at radius 1 is 0.960 bits per heavy atom. The molecular formula is C21H27NO3. The Balaban J connectivity index is 1.54. The molecule has 4 heteroatoms. The van der Waals surface area contributed by atoms with Gasteiger partial charge in [0.15, 0.2) is 0 Å². The first-order valence-corrected chi connectivity index (χ1v) is 9.25. The molecule has 134 valence electrons. The van der Waals surface area contributed by atoms with Crippen molar-refractivity contribution < 1.29 is 14.3 Å². The zero-order chi connectivity index (χ0) is 17.9. The molecule has 2 unspecified atom stereocenters. The molecule has 25 heavy (non-hydrogen) atoms. The molecule has 4 saturated carbocycles. The third-order valence-electron chi connectivity index (χ3n) is 6.57. The van der Waals surface area contributed by atoms with Crippen molar-refractivity contribution in [3.05, 3.63) is 35.4 Å². The van der Waals surface area contributed by atoms with Crippen LogP contribution in [-0.4, -0.2) is 24.5 Å². The third kappa shape index (κ3) is 2.86. The summed E-state index contributed by atoms with van der Waals surface area (Å²) in [5.41, 5.74) is 1.76. The summed E-state index contributed by atoms with van der Waals surface area (Å²) >= 11 is 0. The van der Waals surface area contributed by atoms with E-state index in [9.17, 15) is 9.59 Å². The zero-order valence-corrected chi connectivity index (χ0v) is 15.4. The number of ether oxygens (including phenoxy) is 1. The molecular weight excluding hydrogens is 314 g/mol. The van der Waals surface area contributed by atoms with Crippen LogP contribution in [0.15, 0.2) is 24.3 Å². The minimum Gasteiger partial charge on any atom is -0.465 e. The summed E-state index contributed by atoms with van der Waals surface area (Å²) in [5.74, 6) is 0.340. The number of methoxy groups -OCH3 is 1. The molecule has 4 aliphatic rings. The lowest BCUT2D eigenvalue weighted by Crippen LogP contribution is -2.65. The molecule has 4 nitrogen and oxygen atoms in total. The van der Waals surface area contributed by atoms with Gasteiger partial charge in [0.25, 0.3) is 5.91 Å². The van der Waals surface area contributed by atoms with E-state index in [1.807, 2.05) is 0 Å². The number of carbonyl (C=O) groups excluding carboxylic acids is 2. The molecule has 0 saturated heterocycles. The van der Waals surface area contributed by atoms with Crippen molar-refractivity contribution in [2.45, 2.75) is 57.9 Å². The maximum atomic E-state index is 12.9. The predicted molar refractivity (Wildman–Crippen MR) is 95.4 cm³/mol. The average Bonchev–Trinajstić information content (AvgIpc) is 2.50. The summed E-state index contributed by atoms with van der Waals surface area (Å²) in [7, 11) is 1.36. The van der Waals surface area contributed by atoms with E-state index in [2.05, 4.69) is 19.2 Å². The molecule has 0 radical (unpaired) electrons. The number of nitrogens with one attached hydrogen (secondary N) is 1. The quantitative estimate of drug-likeness (QED) is 0.847. The smallest absolute Gasteiger partial charge is 0.337 e. The van der Waals surface area contributed by atoms with Crippen LogP contribution >= 0.6 is 0 Å². The molecule has 0 spiro atoms. The van der Waals surface area contributed by atoms with Gasteiger partial charge in [0.05, 0.1) is 12.7 Å². The Labute approximate surface area is 149 Å². The Morgan fingerprint density at radius 2 is 1.52 bits per heavy atom. The van der Waals surface area contributed by atoms with Crippen molar-refractivity contribution in [3.63, 3.8) is 0 Å². The van der Waals surface area contributed by atoms with Crippen LogP contribution < -0.4 is 5.32 Å². The second-order valence-electron chi connectivity index (χ2n) is 9.43. The van der Waals surface area contributed by atoms with Gasteiger partial charge in [0.2, 0.25) is 0 Å². The lowest BCUT2D eigenvalue weighted by Gasteiger charge is -2.65. The van der Waals surface area contributed by atoms with Gasteiger partial charge in [-0.05, 0) is 79.5 Å². The highest BCUT2D eigenvalue weighted by Gasteiger charge is 2.60. The Hall–Kier alpha value is -1.84. The molecule has 1 amide bonds. The lowest BCUT2D eigenvalue weighted by molar-refractivity contribution is -0.114. The molecule has 1 aromatic rings. The van der Waals surface area contributed by atoms with Crippen molar-refractivity contribution in [1.82, 2.24) is 5.32 Å². The fraction of sp³-hybridized carbons (Fsp3) is 0.619. The normalized spacial score (nSPS) is 38.4. The van der Waals surface area contributed by atoms with Gasteiger partial charge in [-0.15, -0.1) is 0 Å². The number of hydrogen-bond donors (Lipinski definition) is 1. The highest BCUT2D eigenvalue weighted by atomic mass is 16.5. The van der Waals surface area contributed by atoms with Crippen LogP contribution in [0.2, 0.25) is 0 Å². The first-order valence-electron chi connectivity index (χ1n) is 9.25. The van der Waals surface area contributed by atoms with Crippen LogP contribution in [0.3, 0.4) is 0 Å². The van der Waals surface area contributed by atoms with Crippen molar-refractivity contribution in [2.24, 2.45) is 16.7 Å². The van der Waals surface area contributed by atoms with E-state index < -0.39 is 0 Å². The predicted octanol–water partition coefficient (Wildman–Crippen LogP) is 3.95. The monoisotopic (exact) mass is 341 g/mol. The van der Waals surface area contributed by atoms with Crippen LogP contribution in [0, 0.1) is 16.7 Å². The third-order valence-corrected chi connectivity index (χ3v) is 6.57. The first-order chi connectivity index (χ1) is 11.7. The number of esters is 1. The summed E-state index contributed by atoms with van der Waals surface area (Å²) in [5, 5.41) is 3.40. The van der Waals surface area contributed by atoms with Crippen LogP contribution in [-0.2, 0) is 4.74 Å². The highest BCUT2D eigenvalue weighted by Crippen LogP contribution is 2.66. The van der Waals surface area contributed by atoms with Gasteiger partial charge in [0, 0.05) is 11.1 Å². The average molecular weight is 341 g/mol. The maximum absolute atomic E-state index is 12.9. The SMILES string of the molecule is COC(=O)c1ccc(C(=O)NC23CC4CC(C)(CC(C)(C4)C2)C3)cc1. The summed E-state index contributed by atoms with van der Waals surface area (Å²) in [6.07, 6.45) is 7.23. The van der Waals surface area contributed by atoms with E-state index >= 15 is 0 Å². The van der Waals surface area contributed by atoms with Crippen LogP contribution in [0.25, 0.3) is 0 Å². The standard InChI is InChI=1S/C21H27NO3/c1-19-8-14-9-20(2,11-19)13-21(10-14,12-19)22-17(23)15-4-6-16(7-5-15)18(24)25-3/h4-7,14H,8-13H2,1-3H3,(H,22,23). The van der Waals surface area contributed by atoms with Crippen molar-refractivity contribution >= 4 is 11.9 Å². The highest BCUT2D eigenvalue weighted by molar-refractivity contribution is 5.96. The Kier molecular flexibility index (Phi) is 3.54. The first kappa shape index (κ1) is 16.6. The summed E-state index contributed by atoms with van der Waals surface area (Å²) in [6.45, 7) is 4.81. The van der Waals surface area contributed by atoms with Gasteiger partial charge in [-0.1, -0.05) is 13.8 Å². The molecule has 1 aromatic carbocycles. The molecule has 5 rings (SSSR count). The van der Waals surface area contributed by atoms with Gasteiger partial charge in [0.1, 0.15) is 0 Å². The zero-order valence-electron chi connectivity index (χ0n) is 15.4. The van der Waals surface area contributed by atoms with Gasteiger partial charge < -0.3 is 10.1 Å². The molecule has 0 heterocycles.